The number of benzene rings is 2. The second-order valence-electron chi connectivity index (χ2n) is 4.13. The van der Waals surface area contributed by atoms with Crippen LogP contribution in [0.5, 0.6) is 5.75 Å². The number of hydrogen-bond donors (Lipinski definition) is 1. The molecule has 2 rings (SSSR count). The zero-order chi connectivity index (χ0) is 14.7. The maximum absolute atomic E-state index is 13.3. The highest BCUT2D eigenvalue weighted by molar-refractivity contribution is 9.11. The van der Waals surface area contributed by atoms with Crippen LogP contribution in [-0.4, -0.2) is 0 Å². The quantitative estimate of drug-likeness (QED) is 0.748. The van der Waals surface area contributed by atoms with Gasteiger partial charge in [-0.05, 0) is 67.3 Å². The molecule has 106 valence electrons. The molecule has 0 heterocycles. The van der Waals surface area contributed by atoms with Gasteiger partial charge in [-0.15, -0.1) is 0 Å². The standard InChI is InChI=1S/C14H11Br2ClFNO/c15-10-3-9(6-19)4-11(16)14(10)20-7-8-1-2-12(17)13(18)5-8/h1-5H,6-7,19H2. The van der Waals surface area contributed by atoms with Gasteiger partial charge in [0.1, 0.15) is 18.2 Å². The zero-order valence-electron chi connectivity index (χ0n) is 10.3. The summed E-state index contributed by atoms with van der Waals surface area (Å²) in [5, 5.41) is 0.100. The minimum atomic E-state index is -0.454. The van der Waals surface area contributed by atoms with E-state index in [1.165, 1.54) is 12.1 Å². The molecule has 2 N–H and O–H groups in total. The van der Waals surface area contributed by atoms with Crippen LogP contribution in [-0.2, 0) is 13.2 Å². The van der Waals surface area contributed by atoms with E-state index in [2.05, 4.69) is 31.9 Å². The first kappa shape index (κ1) is 15.8. The van der Waals surface area contributed by atoms with E-state index >= 15 is 0 Å². The summed E-state index contributed by atoms with van der Waals surface area (Å²) in [5.41, 5.74) is 7.28. The van der Waals surface area contributed by atoms with E-state index in [9.17, 15) is 4.39 Å². The van der Waals surface area contributed by atoms with Crippen LogP contribution in [0.3, 0.4) is 0 Å². The molecule has 0 fully saturated rings. The predicted molar refractivity (Wildman–Crippen MR) is 85.5 cm³/mol. The highest BCUT2D eigenvalue weighted by atomic mass is 79.9. The fraction of sp³-hybridized carbons (Fsp3) is 0.143. The average molecular weight is 424 g/mol. The molecule has 0 saturated heterocycles. The molecule has 0 amide bonds. The van der Waals surface area contributed by atoms with E-state index in [1.807, 2.05) is 12.1 Å². The third kappa shape index (κ3) is 3.73. The third-order valence-electron chi connectivity index (χ3n) is 2.66. The molecular weight excluding hydrogens is 412 g/mol. The Kier molecular flexibility index (Phi) is 5.43. The maximum Gasteiger partial charge on any atom is 0.148 e. The van der Waals surface area contributed by atoms with Gasteiger partial charge in [0.15, 0.2) is 0 Å². The molecule has 0 aliphatic rings. The summed E-state index contributed by atoms with van der Waals surface area (Å²) >= 11 is 12.5. The minimum Gasteiger partial charge on any atom is -0.487 e. The Hall–Kier alpha value is -0.620. The lowest BCUT2D eigenvalue weighted by Gasteiger charge is -2.12. The Labute approximate surface area is 138 Å². The lowest BCUT2D eigenvalue weighted by molar-refractivity contribution is 0.301. The summed E-state index contributed by atoms with van der Waals surface area (Å²) in [6.45, 7) is 0.688. The minimum absolute atomic E-state index is 0.100. The van der Waals surface area contributed by atoms with E-state index in [-0.39, 0.29) is 11.6 Å². The fourth-order valence-electron chi connectivity index (χ4n) is 1.65. The molecule has 0 unspecified atom stereocenters. The van der Waals surface area contributed by atoms with Crippen molar-refractivity contribution in [1.82, 2.24) is 0 Å². The normalized spacial score (nSPS) is 10.7. The Morgan fingerprint density at radius 1 is 1.10 bits per heavy atom. The molecule has 0 atom stereocenters. The van der Waals surface area contributed by atoms with Crippen molar-refractivity contribution in [2.75, 3.05) is 0 Å². The monoisotopic (exact) mass is 421 g/mol. The SMILES string of the molecule is NCc1cc(Br)c(OCc2ccc(Cl)c(F)c2)c(Br)c1. The van der Waals surface area contributed by atoms with Gasteiger partial charge in [-0.3, -0.25) is 0 Å². The topological polar surface area (TPSA) is 35.2 Å². The van der Waals surface area contributed by atoms with Crippen molar-refractivity contribution >= 4 is 43.5 Å². The van der Waals surface area contributed by atoms with Gasteiger partial charge in [0.25, 0.3) is 0 Å². The Balaban J connectivity index is 2.16. The van der Waals surface area contributed by atoms with Crippen molar-refractivity contribution in [2.24, 2.45) is 5.73 Å². The lowest BCUT2D eigenvalue weighted by atomic mass is 10.2. The van der Waals surface area contributed by atoms with Gasteiger partial charge in [-0.25, -0.2) is 4.39 Å². The van der Waals surface area contributed by atoms with Crippen LogP contribution in [0.1, 0.15) is 11.1 Å². The van der Waals surface area contributed by atoms with Crippen LogP contribution >= 0.6 is 43.5 Å². The first-order chi connectivity index (χ1) is 9.51. The number of halogens is 4. The molecule has 0 aliphatic carbocycles. The Bertz CT molecular complexity index is 614. The second kappa shape index (κ2) is 6.89. The van der Waals surface area contributed by atoms with Crippen molar-refractivity contribution < 1.29 is 9.13 Å². The fourth-order valence-corrected chi connectivity index (χ4v) is 3.28. The lowest BCUT2D eigenvalue weighted by Crippen LogP contribution is -2.00. The van der Waals surface area contributed by atoms with E-state index in [1.54, 1.807) is 6.07 Å². The zero-order valence-corrected chi connectivity index (χ0v) is 14.2. The van der Waals surface area contributed by atoms with Crippen molar-refractivity contribution in [3.63, 3.8) is 0 Å². The molecule has 0 spiro atoms. The van der Waals surface area contributed by atoms with Crippen LogP contribution in [0.4, 0.5) is 4.39 Å². The summed E-state index contributed by atoms with van der Waals surface area (Å²) in [6.07, 6.45) is 0. The summed E-state index contributed by atoms with van der Waals surface area (Å²) < 4.78 is 20.6. The highest BCUT2D eigenvalue weighted by Gasteiger charge is 2.09. The molecule has 20 heavy (non-hydrogen) atoms. The molecule has 2 aromatic rings. The van der Waals surface area contributed by atoms with Gasteiger partial charge in [-0.2, -0.15) is 0 Å². The molecule has 0 saturated carbocycles. The Morgan fingerprint density at radius 2 is 1.75 bits per heavy atom. The number of rotatable bonds is 4. The second-order valence-corrected chi connectivity index (χ2v) is 6.25. The summed E-state index contributed by atoms with van der Waals surface area (Å²) in [4.78, 5) is 0. The van der Waals surface area contributed by atoms with Gasteiger partial charge in [0.05, 0.1) is 14.0 Å². The molecule has 2 aromatic carbocycles. The Morgan fingerprint density at radius 3 is 2.30 bits per heavy atom. The van der Waals surface area contributed by atoms with Gasteiger partial charge in [0, 0.05) is 6.54 Å². The third-order valence-corrected chi connectivity index (χ3v) is 4.15. The largest absolute Gasteiger partial charge is 0.487 e. The maximum atomic E-state index is 13.3. The number of ether oxygens (including phenoxy) is 1. The molecule has 0 aliphatic heterocycles. The van der Waals surface area contributed by atoms with Crippen LogP contribution in [0, 0.1) is 5.82 Å². The van der Waals surface area contributed by atoms with Crippen LogP contribution in [0.15, 0.2) is 39.3 Å². The van der Waals surface area contributed by atoms with E-state index in [0.29, 0.717) is 17.9 Å². The molecule has 0 radical (unpaired) electrons. The van der Waals surface area contributed by atoms with Crippen molar-refractivity contribution in [3.8, 4) is 5.75 Å². The van der Waals surface area contributed by atoms with Crippen molar-refractivity contribution in [2.45, 2.75) is 13.2 Å². The van der Waals surface area contributed by atoms with Gasteiger partial charge in [-0.1, -0.05) is 17.7 Å². The molecule has 6 heteroatoms. The van der Waals surface area contributed by atoms with Gasteiger partial charge >= 0.3 is 0 Å². The van der Waals surface area contributed by atoms with Gasteiger partial charge in [0.2, 0.25) is 0 Å². The average Bonchev–Trinajstić information content (AvgIpc) is 2.41. The smallest absolute Gasteiger partial charge is 0.148 e. The van der Waals surface area contributed by atoms with Crippen molar-refractivity contribution in [3.05, 3.63) is 61.2 Å². The number of nitrogens with two attached hydrogens (primary N) is 1. The molecule has 0 bridgehead atoms. The van der Waals surface area contributed by atoms with Gasteiger partial charge < -0.3 is 10.5 Å². The summed E-state index contributed by atoms with van der Waals surface area (Å²) in [5.74, 6) is 0.196. The van der Waals surface area contributed by atoms with Crippen LogP contribution in [0.2, 0.25) is 5.02 Å². The summed E-state index contributed by atoms with van der Waals surface area (Å²) in [6, 6.07) is 8.38. The first-order valence-corrected chi connectivity index (χ1v) is 7.72. The van der Waals surface area contributed by atoms with Crippen molar-refractivity contribution in [1.29, 1.82) is 0 Å². The van der Waals surface area contributed by atoms with E-state index < -0.39 is 5.82 Å². The molecule has 2 nitrogen and oxygen atoms in total. The number of hydrogen-bond acceptors (Lipinski definition) is 2. The summed E-state index contributed by atoms with van der Waals surface area (Å²) in [7, 11) is 0. The molecule has 0 aromatic heterocycles. The first-order valence-electron chi connectivity index (χ1n) is 5.76. The van der Waals surface area contributed by atoms with Crippen LogP contribution < -0.4 is 10.5 Å². The molecular formula is C14H11Br2ClFNO. The van der Waals surface area contributed by atoms with Crippen LogP contribution in [0.25, 0.3) is 0 Å². The predicted octanol–water partition coefficient (Wildman–Crippen LogP) is 5.04. The van der Waals surface area contributed by atoms with E-state index in [0.717, 1.165) is 14.5 Å². The highest BCUT2D eigenvalue weighted by Crippen LogP contribution is 2.35. The van der Waals surface area contributed by atoms with E-state index in [4.69, 9.17) is 22.1 Å².